The lowest BCUT2D eigenvalue weighted by Gasteiger charge is -2.25. The molecular formula is C23H46O11. The molecule has 0 radical (unpaired) electrons. The molecule has 0 aromatic carbocycles. The second-order valence-corrected chi connectivity index (χ2v) is 8.81. The second-order valence-electron chi connectivity index (χ2n) is 8.81. The van der Waals surface area contributed by atoms with Crippen molar-refractivity contribution >= 4 is 6.16 Å². The Morgan fingerprint density at radius 2 is 1.00 bits per heavy atom. The van der Waals surface area contributed by atoms with Gasteiger partial charge in [-0.25, -0.2) is 43.9 Å². The summed E-state index contributed by atoms with van der Waals surface area (Å²) in [6.07, 6.45) is 0.777. The summed E-state index contributed by atoms with van der Waals surface area (Å²) >= 11 is 0. The van der Waals surface area contributed by atoms with Crippen molar-refractivity contribution in [1.29, 1.82) is 0 Å². The van der Waals surface area contributed by atoms with E-state index in [-0.39, 0.29) is 26.1 Å². The molecule has 0 N–H and O–H groups in total. The lowest BCUT2D eigenvalue weighted by molar-refractivity contribution is -0.484. The summed E-state index contributed by atoms with van der Waals surface area (Å²) in [5.74, 6) is 0. The molecule has 0 amide bonds. The third-order valence-corrected chi connectivity index (χ3v) is 4.54. The van der Waals surface area contributed by atoms with Gasteiger partial charge in [-0.05, 0) is 53.4 Å². The van der Waals surface area contributed by atoms with Crippen LogP contribution in [-0.4, -0.2) is 56.4 Å². The van der Waals surface area contributed by atoms with Crippen molar-refractivity contribution in [2.24, 2.45) is 0 Å². The van der Waals surface area contributed by atoms with Crippen molar-refractivity contribution in [1.82, 2.24) is 0 Å². The Morgan fingerprint density at radius 1 is 0.618 bits per heavy atom. The normalized spacial score (nSPS) is 14.1. The zero-order valence-electron chi connectivity index (χ0n) is 22.2. The minimum absolute atomic E-state index is 0.0290. The molecule has 2 atom stereocenters. The topological polar surface area (TPSA) is 109 Å². The first kappa shape index (κ1) is 33.0. The molecule has 0 saturated carbocycles. The predicted molar refractivity (Wildman–Crippen MR) is 122 cm³/mol. The molecule has 34 heavy (non-hydrogen) atoms. The van der Waals surface area contributed by atoms with Crippen LogP contribution in [0.5, 0.6) is 0 Å². The van der Waals surface area contributed by atoms with E-state index in [9.17, 15) is 4.79 Å². The van der Waals surface area contributed by atoms with E-state index in [1.807, 2.05) is 55.4 Å². The molecule has 0 heterocycles. The highest BCUT2D eigenvalue weighted by atomic mass is 17.3. The van der Waals surface area contributed by atoms with Crippen LogP contribution in [0, 0.1) is 0 Å². The molecule has 0 aliphatic carbocycles. The molecule has 0 aliphatic heterocycles. The fraction of sp³-hybridized carbons (Fsp3) is 0.957. The van der Waals surface area contributed by atoms with Crippen LogP contribution in [0.25, 0.3) is 0 Å². The summed E-state index contributed by atoms with van der Waals surface area (Å²) in [7, 11) is 0. The number of ether oxygens (including phenoxy) is 2. The van der Waals surface area contributed by atoms with Gasteiger partial charge in [-0.3, -0.25) is 0 Å². The van der Waals surface area contributed by atoms with Crippen LogP contribution in [0.1, 0.15) is 93.9 Å². The standard InChI is InChI=1S/C23H46O11/c1-9-15-27-29-19(31-33-22(5,6)11-3)13-17-25-21(24)26-18-14-20(30-28-16-10-2)32-34-23(7,8)12-4/h19-20H,9-18H2,1-8H3. The van der Waals surface area contributed by atoms with Gasteiger partial charge in [-0.1, -0.05) is 27.7 Å². The van der Waals surface area contributed by atoms with Gasteiger partial charge in [0.1, 0.15) is 13.2 Å². The molecule has 2 unspecified atom stereocenters. The second kappa shape index (κ2) is 19.2. The van der Waals surface area contributed by atoms with Gasteiger partial charge in [-0.2, -0.15) is 0 Å². The first-order valence-electron chi connectivity index (χ1n) is 12.1. The molecule has 0 fully saturated rings. The van der Waals surface area contributed by atoms with Gasteiger partial charge in [0.25, 0.3) is 0 Å². The van der Waals surface area contributed by atoms with Crippen molar-refractivity contribution < 1.29 is 53.4 Å². The zero-order valence-corrected chi connectivity index (χ0v) is 22.2. The largest absolute Gasteiger partial charge is 0.508 e. The van der Waals surface area contributed by atoms with E-state index in [1.54, 1.807) is 0 Å². The fourth-order valence-corrected chi connectivity index (χ4v) is 1.64. The average Bonchev–Trinajstić information content (AvgIpc) is 2.80. The maximum atomic E-state index is 11.9. The van der Waals surface area contributed by atoms with E-state index in [4.69, 9.17) is 48.6 Å². The number of rotatable bonds is 22. The molecule has 11 heteroatoms. The van der Waals surface area contributed by atoms with Gasteiger partial charge in [0, 0.05) is 12.8 Å². The van der Waals surface area contributed by atoms with E-state index in [2.05, 4.69) is 0 Å². The smallest absolute Gasteiger partial charge is 0.434 e. The maximum Gasteiger partial charge on any atom is 0.508 e. The van der Waals surface area contributed by atoms with Crippen LogP contribution in [0.4, 0.5) is 4.79 Å². The monoisotopic (exact) mass is 498 g/mol. The molecule has 0 rings (SSSR count). The first-order valence-corrected chi connectivity index (χ1v) is 12.1. The van der Waals surface area contributed by atoms with Gasteiger partial charge in [0.15, 0.2) is 0 Å². The lowest BCUT2D eigenvalue weighted by Crippen LogP contribution is -2.30. The third-order valence-electron chi connectivity index (χ3n) is 4.54. The minimum atomic E-state index is -0.869. The Morgan fingerprint density at radius 3 is 1.32 bits per heavy atom. The number of hydrogen-bond acceptors (Lipinski definition) is 11. The van der Waals surface area contributed by atoms with Gasteiger partial charge < -0.3 is 9.47 Å². The van der Waals surface area contributed by atoms with E-state index in [1.165, 1.54) is 0 Å². The molecule has 0 saturated heterocycles. The number of carbonyl (C=O) groups is 1. The van der Waals surface area contributed by atoms with E-state index in [0.29, 0.717) is 13.2 Å². The highest BCUT2D eigenvalue weighted by Crippen LogP contribution is 2.18. The van der Waals surface area contributed by atoms with E-state index >= 15 is 0 Å². The quantitative estimate of drug-likeness (QED) is 0.0615. The summed E-state index contributed by atoms with van der Waals surface area (Å²) in [5, 5.41) is 0. The van der Waals surface area contributed by atoms with Crippen molar-refractivity contribution in [3.8, 4) is 0 Å². The molecule has 204 valence electrons. The van der Waals surface area contributed by atoms with Crippen LogP contribution in [0.3, 0.4) is 0 Å². The van der Waals surface area contributed by atoms with Gasteiger partial charge >= 0.3 is 6.16 Å². The molecule has 0 aliphatic rings. The fourth-order valence-electron chi connectivity index (χ4n) is 1.64. The molecule has 0 bridgehead atoms. The average molecular weight is 499 g/mol. The third kappa shape index (κ3) is 18.3. The SMILES string of the molecule is CCCOOC(CCOC(=O)OCCC(OOCCC)OOC(C)(C)CC)OOC(C)(C)CC. The minimum Gasteiger partial charge on any atom is -0.434 e. The van der Waals surface area contributed by atoms with Crippen LogP contribution < -0.4 is 0 Å². The van der Waals surface area contributed by atoms with Crippen molar-refractivity contribution in [3.63, 3.8) is 0 Å². The molecule has 11 nitrogen and oxygen atoms in total. The van der Waals surface area contributed by atoms with Crippen LogP contribution in [0.15, 0.2) is 0 Å². The van der Waals surface area contributed by atoms with Crippen molar-refractivity contribution in [2.45, 2.75) is 118 Å². The number of hydrogen-bond donors (Lipinski definition) is 0. The summed E-state index contributed by atoms with van der Waals surface area (Å²) in [5.41, 5.74) is -0.993. The molecule has 0 aromatic rings. The van der Waals surface area contributed by atoms with Crippen LogP contribution in [0.2, 0.25) is 0 Å². The van der Waals surface area contributed by atoms with Gasteiger partial charge in [0.05, 0.1) is 24.4 Å². The highest BCUT2D eigenvalue weighted by molar-refractivity contribution is 5.59. The zero-order chi connectivity index (χ0) is 25.9. The van der Waals surface area contributed by atoms with E-state index in [0.717, 1.165) is 25.7 Å². The van der Waals surface area contributed by atoms with Gasteiger partial charge in [-0.15, -0.1) is 0 Å². The van der Waals surface area contributed by atoms with Gasteiger partial charge in [0.2, 0.25) is 12.6 Å². The molecule has 0 aromatic heterocycles. The molecular weight excluding hydrogens is 452 g/mol. The number of carbonyl (C=O) groups excluding carboxylic acids is 1. The Labute approximate surface area is 204 Å². The van der Waals surface area contributed by atoms with Crippen molar-refractivity contribution in [2.75, 3.05) is 26.4 Å². The Hall–Kier alpha value is -1.05. The van der Waals surface area contributed by atoms with Crippen LogP contribution in [-0.2, 0) is 48.6 Å². The Balaban J connectivity index is 4.39. The summed E-state index contributed by atoms with van der Waals surface area (Å²) in [4.78, 5) is 53.8. The lowest BCUT2D eigenvalue weighted by atomic mass is 10.1. The molecule has 0 spiro atoms. The Kier molecular flexibility index (Phi) is 18.6. The predicted octanol–water partition coefficient (Wildman–Crippen LogP) is 5.56. The van der Waals surface area contributed by atoms with E-state index < -0.39 is 29.9 Å². The highest BCUT2D eigenvalue weighted by Gasteiger charge is 2.23. The maximum absolute atomic E-state index is 11.9. The summed E-state index contributed by atoms with van der Waals surface area (Å²) in [6, 6.07) is 0. The van der Waals surface area contributed by atoms with Crippen LogP contribution >= 0.6 is 0 Å². The Bertz CT molecular complexity index is 457. The summed E-state index contributed by atoms with van der Waals surface area (Å²) in [6.45, 7) is 16.1. The first-order chi connectivity index (χ1) is 16.1. The van der Waals surface area contributed by atoms with Crippen molar-refractivity contribution in [3.05, 3.63) is 0 Å². The summed E-state index contributed by atoms with van der Waals surface area (Å²) < 4.78 is 10.1.